The zero-order valence-corrected chi connectivity index (χ0v) is 17.6. The van der Waals surface area contributed by atoms with E-state index in [1.807, 2.05) is 0 Å². The second-order valence-electron chi connectivity index (χ2n) is 8.36. The second kappa shape index (κ2) is 10.3. The lowest BCUT2D eigenvalue weighted by Gasteiger charge is -2.22. The number of nitrogens with zero attached hydrogens (tertiary/aromatic N) is 2. The summed E-state index contributed by atoms with van der Waals surface area (Å²) in [6.45, 7) is 11.3. The van der Waals surface area contributed by atoms with Crippen LogP contribution in [-0.2, 0) is 16.0 Å². The van der Waals surface area contributed by atoms with E-state index in [1.165, 1.54) is 0 Å². The van der Waals surface area contributed by atoms with Crippen molar-refractivity contribution in [2.45, 2.75) is 84.6 Å². The molecule has 1 rings (SSSR count). The van der Waals surface area contributed by atoms with Crippen molar-refractivity contribution in [1.29, 1.82) is 0 Å². The van der Waals surface area contributed by atoms with Gasteiger partial charge in [-0.25, -0.2) is 9.59 Å². The fourth-order valence-corrected chi connectivity index (χ4v) is 2.18. The average molecular weight is 399 g/mol. The summed E-state index contributed by atoms with van der Waals surface area (Å²) in [6, 6.07) is -0.510. The van der Waals surface area contributed by atoms with E-state index in [1.54, 1.807) is 41.5 Å². The molecule has 0 saturated heterocycles. The van der Waals surface area contributed by atoms with E-state index in [9.17, 15) is 9.59 Å². The van der Waals surface area contributed by atoms with E-state index in [4.69, 9.17) is 19.6 Å². The molecule has 0 aliphatic rings. The van der Waals surface area contributed by atoms with E-state index in [-0.39, 0.29) is 18.3 Å². The number of nitrogens with two attached hydrogens (primary N) is 1. The number of carbonyl (C=O) groups excluding carboxylic acids is 2. The Morgan fingerprint density at radius 2 is 1.64 bits per heavy atom. The maximum absolute atomic E-state index is 12.1. The summed E-state index contributed by atoms with van der Waals surface area (Å²) in [5.41, 5.74) is 4.34. The number of alkyl carbamates (subject to hydrolysis) is 2. The van der Waals surface area contributed by atoms with Crippen LogP contribution in [0.4, 0.5) is 9.59 Å². The van der Waals surface area contributed by atoms with Gasteiger partial charge >= 0.3 is 12.2 Å². The van der Waals surface area contributed by atoms with E-state index in [0.29, 0.717) is 25.8 Å². The molecule has 0 spiro atoms. The van der Waals surface area contributed by atoms with Crippen LogP contribution in [0.5, 0.6) is 0 Å². The van der Waals surface area contributed by atoms with E-state index in [0.717, 1.165) is 0 Å². The molecule has 0 fully saturated rings. The Balaban J connectivity index is 2.54. The van der Waals surface area contributed by atoms with Crippen LogP contribution in [0.2, 0.25) is 0 Å². The van der Waals surface area contributed by atoms with E-state index >= 15 is 0 Å². The van der Waals surface area contributed by atoms with Gasteiger partial charge in [-0.15, -0.1) is 10.2 Å². The third-order valence-electron chi connectivity index (χ3n) is 3.23. The SMILES string of the molecule is CC(C)(C)OC(=O)NCCCCC(NC(=O)OC(C)(C)C)c1nnc(CN)o1. The molecule has 1 aromatic heterocycles. The zero-order chi connectivity index (χ0) is 21.4. The molecule has 1 unspecified atom stereocenters. The fourth-order valence-electron chi connectivity index (χ4n) is 2.18. The zero-order valence-electron chi connectivity index (χ0n) is 17.6. The molecule has 0 bridgehead atoms. The number of hydrogen-bond donors (Lipinski definition) is 3. The maximum Gasteiger partial charge on any atom is 0.408 e. The smallest absolute Gasteiger partial charge is 0.408 e. The van der Waals surface area contributed by atoms with Crippen molar-refractivity contribution in [3.05, 3.63) is 11.8 Å². The van der Waals surface area contributed by atoms with Crippen molar-refractivity contribution in [3.63, 3.8) is 0 Å². The molecule has 0 radical (unpaired) electrons. The maximum atomic E-state index is 12.1. The minimum absolute atomic E-state index is 0.117. The number of rotatable bonds is 8. The molecule has 2 amide bonds. The first-order valence-electron chi connectivity index (χ1n) is 9.38. The molecule has 1 aromatic rings. The topological polar surface area (TPSA) is 142 Å². The van der Waals surface area contributed by atoms with E-state index in [2.05, 4.69) is 20.8 Å². The third-order valence-corrected chi connectivity index (χ3v) is 3.23. The quantitative estimate of drug-likeness (QED) is 0.567. The van der Waals surface area contributed by atoms with Crippen molar-refractivity contribution in [2.24, 2.45) is 5.73 Å². The molecule has 0 aliphatic carbocycles. The highest BCUT2D eigenvalue weighted by atomic mass is 16.6. The van der Waals surface area contributed by atoms with Gasteiger partial charge in [-0.3, -0.25) is 0 Å². The Hall–Kier alpha value is -2.36. The lowest BCUT2D eigenvalue weighted by molar-refractivity contribution is 0.0490. The van der Waals surface area contributed by atoms with Crippen LogP contribution in [0.15, 0.2) is 4.42 Å². The first-order valence-corrected chi connectivity index (χ1v) is 9.38. The summed E-state index contributed by atoms with van der Waals surface area (Å²) in [4.78, 5) is 23.7. The number of unbranched alkanes of at least 4 members (excludes halogenated alkanes) is 1. The lowest BCUT2D eigenvalue weighted by Crippen LogP contribution is -2.35. The molecular formula is C18H33N5O5. The number of carbonyl (C=O) groups is 2. The lowest BCUT2D eigenvalue weighted by atomic mass is 10.1. The largest absolute Gasteiger partial charge is 0.444 e. The number of hydrogen-bond acceptors (Lipinski definition) is 8. The summed E-state index contributed by atoms with van der Waals surface area (Å²) >= 11 is 0. The van der Waals surface area contributed by atoms with Crippen LogP contribution in [0.25, 0.3) is 0 Å². The molecule has 0 aliphatic heterocycles. The Morgan fingerprint density at radius 3 is 2.18 bits per heavy atom. The highest BCUT2D eigenvalue weighted by molar-refractivity contribution is 5.68. The third kappa shape index (κ3) is 10.1. The van der Waals surface area contributed by atoms with Crippen LogP contribution >= 0.6 is 0 Å². The molecule has 0 saturated carbocycles. The number of aromatic nitrogens is 2. The van der Waals surface area contributed by atoms with Crippen LogP contribution in [0.1, 0.15) is 78.6 Å². The normalized spacial score (nSPS) is 13.0. The molecule has 1 atom stereocenters. The molecule has 1 heterocycles. The Labute approximate surface area is 165 Å². The summed E-state index contributed by atoms with van der Waals surface area (Å²) in [5, 5.41) is 13.2. The van der Waals surface area contributed by atoms with Crippen LogP contribution in [-0.4, -0.2) is 40.1 Å². The van der Waals surface area contributed by atoms with Gasteiger partial charge < -0.3 is 30.3 Å². The molecule has 4 N–H and O–H groups in total. The van der Waals surface area contributed by atoms with Crippen LogP contribution in [0.3, 0.4) is 0 Å². The second-order valence-corrected chi connectivity index (χ2v) is 8.36. The highest BCUT2D eigenvalue weighted by Gasteiger charge is 2.24. The molecule has 10 nitrogen and oxygen atoms in total. The number of ether oxygens (including phenoxy) is 2. The number of nitrogens with one attached hydrogen (secondary N) is 2. The predicted octanol–water partition coefficient (Wildman–Crippen LogP) is 2.79. The van der Waals surface area contributed by atoms with Crippen LogP contribution < -0.4 is 16.4 Å². The van der Waals surface area contributed by atoms with Gasteiger partial charge in [0.2, 0.25) is 11.8 Å². The van der Waals surface area contributed by atoms with Gasteiger partial charge in [-0.05, 0) is 60.8 Å². The van der Waals surface area contributed by atoms with Crippen molar-refractivity contribution in [1.82, 2.24) is 20.8 Å². The van der Waals surface area contributed by atoms with Crippen molar-refractivity contribution < 1.29 is 23.5 Å². The standard InChI is InChI=1S/C18H33N5O5/c1-17(2,3)27-15(24)20-10-8-7-9-12(14-23-22-13(11-19)26-14)21-16(25)28-18(4,5)6/h12H,7-11,19H2,1-6H3,(H,20,24)(H,21,25). The molecule has 10 heteroatoms. The van der Waals surface area contributed by atoms with Crippen molar-refractivity contribution in [3.8, 4) is 0 Å². The average Bonchev–Trinajstić information content (AvgIpc) is 2.98. The fraction of sp³-hybridized carbons (Fsp3) is 0.778. The minimum atomic E-state index is -0.622. The van der Waals surface area contributed by atoms with Crippen LogP contribution in [0, 0.1) is 0 Å². The molecular weight excluding hydrogens is 366 g/mol. The summed E-state index contributed by atoms with van der Waals surface area (Å²) in [6.07, 6.45) is 0.874. The molecule has 28 heavy (non-hydrogen) atoms. The van der Waals surface area contributed by atoms with Crippen molar-refractivity contribution >= 4 is 12.2 Å². The van der Waals surface area contributed by atoms with Gasteiger partial charge in [-0.1, -0.05) is 0 Å². The monoisotopic (exact) mass is 399 g/mol. The Kier molecular flexibility index (Phi) is 8.67. The van der Waals surface area contributed by atoms with Gasteiger partial charge in [0.25, 0.3) is 0 Å². The van der Waals surface area contributed by atoms with Gasteiger partial charge in [0.15, 0.2) is 0 Å². The first-order chi connectivity index (χ1) is 12.9. The van der Waals surface area contributed by atoms with Gasteiger partial charge in [0.05, 0.1) is 6.54 Å². The first kappa shape index (κ1) is 23.7. The Bertz CT molecular complexity index is 633. The summed E-state index contributed by atoms with van der Waals surface area (Å²) < 4.78 is 15.9. The van der Waals surface area contributed by atoms with Gasteiger partial charge in [0.1, 0.15) is 17.2 Å². The predicted molar refractivity (Wildman–Crippen MR) is 102 cm³/mol. The van der Waals surface area contributed by atoms with Gasteiger partial charge in [-0.2, -0.15) is 0 Å². The number of amides is 2. The van der Waals surface area contributed by atoms with Gasteiger partial charge in [0, 0.05) is 6.54 Å². The van der Waals surface area contributed by atoms with E-state index < -0.39 is 29.4 Å². The Morgan fingerprint density at radius 1 is 1.04 bits per heavy atom. The summed E-state index contributed by atoms with van der Waals surface area (Å²) in [5.74, 6) is 0.559. The highest BCUT2D eigenvalue weighted by Crippen LogP contribution is 2.19. The summed E-state index contributed by atoms with van der Waals surface area (Å²) in [7, 11) is 0. The van der Waals surface area contributed by atoms with Crippen molar-refractivity contribution in [2.75, 3.05) is 6.54 Å². The molecule has 160 valence electrons. The minimum Gasteiger partial charge on any atom is -0.444 e. The molecule has 0 aromatic carbocycles.